The molecule has 0 atom stereocenters. The van der Waals surface area contributed by atoms with E-state index in [1.54, 1.807) is 48.5 Å². The first-order chi connectivity index (χ1) is 14.0. The highest BCUT2D eigenvalue weighted by Crippen LogP contribution is 2.27. The second-order valence-corrected chi connectivity index (χ2v) is 6.78. The summed E-state index contributed by atoms with van der Waals surface area (Å²) in [4.78, 5) is 24.0. The molecule has 0 fully saturated rings. The molecule has 0 radical (unpaired) electrons. The van der Waals surface area contributed by atoms with Gasteiger partial charge in [0.05, 0.1) is 5.02 Å². The first-order valence-electron chi connectivity index (χ1n) is 8.60. The summed E-state index contributed by atoms with van der Waals surface area (Å²) in [7, 11) is 0. The number of halogens is 2. The molecule has 8 heteroatoms. The van der Waals surface area contributed by atoms with Gasteiger partial charge in [0.15, 0.2) is 6.61 Å². The maximum Gasteiger partial charge on any atom is 0.323 e. The van der Waals surface area contributed by atoms with Crippen LogP contribution in [0, 0.1) is 0 Å². The van der Waals surface area contributed by atoms with E-state index in [-0.39, 0.29) is 18.5 Å². The molecule has 0 bridgehead atoms. The Morgan fingerprint density at radius 2 is 1.34 bits per heavy atom. The van der Waals surface area contributed by atoms with Crippen LogP contribution in [0.15, 0.2) is 72.8 Å². The van der Waals surface area contributed by atoms with Gasteiger partial charge in [-0.25, -0.2) is 4.79 Å². The van der Waals surface area contributed by atoms with Crippen molar-refractivity contribution in [3.63, 3.8) is 0 Å². The zero-order valence-corrected chi connectivity index (χ0v) is 16.6. The van der Waals surface area contributed by atoms with Crippen molar-refractivity contribution >= 4 is 52.2 Å². The lowest BCUT2D eigenvalue weighted by Gasteiger charge is -2.10. The van der Waals surface area contributed by atoms with E-state index in [1.807, 2.05) is 18.2 Å². The average molecular weight is 430 g/mol. The largest absolute Gasteiger partial charge is 0.482 e. The number of hydrogen-bond donors (Lipinski definition) is 3. The molecule has 3 N–H and O–H groups in total. The van der Waals surface area contributed by atoms with Gasteiger partial charge >= 0.3 is 6.03 Å². The van der Waals surface area contributed by atoms with Crippen LogP contribution in [0.3, 0.4) is 0 Å². The predicted molar refractivity (Wildman–Crippen MR) is 116 cm³/mol. The van der Waals surface area contributed by atoms with Gasteiger partial charge in [-0.1, -0.05) is 41.4 Å². The Kier molecular flexibility index (Phi) is 6.94. The van der Waals surface area contributed by atoms with E-state index < -0.39 is 0 Å². The number of hydrogen-bond acceptors (Lipinski definition) is 3. The molecule has 3 amide bonds. The van der Waals surface area contributed by atoms with Crippen LogP contribution >= 0.6 is 23.2 Å². The topological polar surface area (TPSA) is 79.5 Å². The third kappa shape index (κ3) is 6.41. The molecule has 0 aliphatic rings. The van der Waals surface area contributed by atoms with Gasteiger partial charge in [-0.2, -0.15) is 0 Å². The molecule has 3 aromatic carbocycles. The highest BCUT2D eigenvalue weighted by molar-refractivity contribution is 6.34. The van der Waals surface area contributed by atoms with Crippen LogP contribution in [0.2, 0.25) is 10.0 Å². The number of amides is 3. The Morgan fingerprint density at radius 1 is 0.759 bits per heavy atom. The summed E-state index contributed by atoms with van der Waals surface area (Å²) in [5.74, 6) is -0.0261. The molecule has 0 aliphatic carbocycles. The third-order valence-electron chi connectivity index (χ3n) is 3.71. The quantitative estimate of drug-likeness (QED) is 0.473. The van der Waals surface area contributed by atoms with Crippen LogP contribution in [0.4, 0.5) is 21.9 Å². The van der Waals surface area contributed by atoms with Crippen molar-refractivity contribution < 1.29 is 14.3 Å². The molecular formula is C21H17Cl2N3O3. The molecule has 0 saturated carbocycles. The lowest BCUT2D eigenvalue weighted by atomic mass is 10.2. The van der Waals surface area contributed by atoms with Crippen molar-refractivity contribution in [2.24, 2.45) is 0 Å². The maximum atomic E-state index is 12.1. The van der Waals surface area contributed by atoms with E-state index in [1.165, 1.54) is 6.07 Å². The minimum atomic E-state index is -0.361. The van der Waals surface area contributed by atoms with Gasteiger partial charge in [-0.15, -0.1) is 0 Å². The SMILES string of the molecule is O=C(COc1cc(Cl)ccc1Cl)Nc1ccc(NC(=O)Nc2ccccc2)cc1. The number of rotatable bonds is 6. The Morgan fingerprint density at radius 3 is 2.00 bits per heavy atom. The maximum absolute atomic E-state index is 12.1. The van der Waals surface area contributed by atoms with Gasteiger partial charge in [-0.3, -0.25) is 4.79 Å². The lowest BCUT2D eigenvalue weighted by Crippen LogP contribution is -2.20. The fourth-order valence-electron chi connectivity index (χ4n) is 2.38. The minimum absolute atomic E-state index is 0.223. The Balaban J connectivity index is 1.49. The zero-order valence-electron chi connectivity index (χ0n) is 15.1. The van der Waals surface area contributed by atoms with Crippen LogP contribution in [0.25, 0.3) is 0 Å². The number of benzene rings is 3. The first kappa shape index (κ1) is 20.5. The molecule has 0 heterocycles. The molecule has 0 aromatic heterocycles. The van der Waals surface area contributed by atoms with E-state index >= 15 is 0 Å². The van der Waals surface area contributed by atoms with Crippen molar-refractivity contribution in [3.8, 4) is 5.75 Å². The number of carbonyl (C=O) groups is 2. The molecule has 0 aliphatic heterocycles. The molecule has 0 spiro atoms. The van der Waals surface area contributed by atoms with Gasteiger partial charge in [-0.05, 0) is 48.5 Å². The Labute approximate surface area is 177 Å². The zero-order chi connectivity index (χ0) is 20.6. The van der Waals surface area contributed by atoms with Gasteiger partial charge in [0, 0.05) is 28.2 Å². The smallest absolute Gasteiger partial charge is 0.323 e. The van der Waals surface area contributed by atoms with E-state index in [0.29, 0.717) is 32.9 Å². The third-order valence-corrected chi connectivity index (χ3v) is 4.26. The van der Waals surface area contributed by atoms with Crippen LogP contribution < -0.4 is 20.7 Å². The molecule has 0 saturated heterocycles. The fourth-order valence-corrected chi connectivity index (χ4v) is 2.71. The average Bonchev–Trinajstić information content (AvgIpc) is 2.71. The second-order valence-electron chi connectivity index (χ2n) is 5.93. The number of para-hydroxylation sites is 1. The molecule has 0 unspecified atom stereocenters. The number of nitrogens with one attached hydrogen (secondary N) is 3. The standard InChI is InChI=1S/C21H17Cl2N3O3/c22-14-6-11-18(23)19(12-14)29-13-20(27)24-16-7-9-17(10-8-16)26-21(28)25-15-4-2-1-3-5-15/h1-12H,13H2,(H,24,27)(H2,25,26,28). The number of ether oxygens (including phenoxy) is 1. The van der Waals surface area contributed by atoms with E-state index in [0.717, 1.165) is 0 Å². The summed E-state index contributed by atoms with van der Waals surface area (Å²) in [6.45, 7) is -0.223. The number of anilines is 3. The minimum Gasteiger partial charge on any atom is -0.482 e. The van der Waals surface area contributed by atoms with Gasteiger partial charge in [0.25, 0.3) is 5.91 Å². The normalized spacial score (nSPS) is 10.1. The molecule has 3 aromatic rings. The molecule has 29 heavy (non-hydrogen) atoms. The van der Waals surface area contributed by atoms with E-state index in [9.17, 15) is 9.59 Å². The van der Waals surface area contributed by atoms with Gasteiger partial charge in [0.2, 0.25) is 0 Å². The summed E-state index contributed by atoms with van der Waals surface area (Å²) in [5.41, 5.74) is 1.83. The Bertz CT molecular complexity index is 996. The molecular weight excluding hydrogens is 413 g/mol. The van der Waals surface area contributed by atoms with Gasteiger partial charge in [0.1, 0.15) is 5.75 Å². The summed E-state index contributed by atoms with van der Waals surface area (Å²) >= 11 is 11.9. The number of carbonyl (C=O) groups excluding carboxylic acids is 2. The van der Waals surface area contributed by atoms with Crippen molar-refractivity contribution in [1.29, 1.82) is 0 Å². The highest BCUT2D eigenvalue weighted by atomic mass is 35.5. The fraction of sp³-hybridized carbons (Fsp3) is 0.0476. The highest BCUT2D eigenvalue weighted by Gasteiger charge is 2.08. The van der Waals surface area contributed by atoms with Crippen LogP contribution in [-0.2, 0) is 4.79 Å². The summed E-state index contributed by atoms with van der Waals surface area (Å²) in [5, 5.41) is 8.96. The van der Waals surface area contributed by atoms with Crippen molar-refractivity contribution in [1.82, 2.24) is 0 Å². The molecule has 6 nitrogen and oxygen atoms in total. The van der Waals surface area contributed by atoms with Crippen molar-refractivity contribution in [3.05, 3.63) is 82.8 Å². The van der Waals surface area contributed by atoms with Crippen LogP contribution in [0.5, 0.6) is 5.75 Å². The van der Waals surface area contributed by atoms with Crippen molar-refractivity contribution in [2.45, 2.75) is 0 Å². The summed E-state index contributed by atoms with van der Waals surface area (Å²) in [6, 6.07) is 20.2. The first-order valence-corrected chi connectivity index (χ1v) is 9.36. The monoisotopic (exact) mass is 429 g/mol. The van der Waals surface area contributed by atoms with Crippen LogP contribution in [-0.4, -0.2) is 18.5 Å². The number of urea groups is 1. The molecule has 148 valence electrons. The van der Waals surface area contributed by atoms with Crippen LogP contribution in [0.1, 0.15) is 0 Å². The Hall–Kier alpha value is -3.22. The van der Waals surface area contributed by atoms with Crippen molar-refractivity contribution in [2.75, 3.05) is 22.6 Å². The predicted octanol–water partition coefficient (Wildman–Crippen LogP) is 5.65. The van der Waals surface area contributed by atoms with E-state index in [2.05, 4.69) is 16.0 Å². The lowest BCUT2D eigenvalue weighted by molar-refractivity contribution is -0.118. The van der Waals surface area contributed by atoms with Gasteiger partial charge < -0.3 is 20.7 Å². The summed E-state index contributed by atoms with van der Waals surface area (Å²) < 4.78 is 5.39. The second kappa shape index (κ2) is 9.82. The molecule has 3 rings (SSSR count). The summed E-state index contributed by atoms with van der Waals surface area (Å²) in [6.07, 6.45) is 0. The van der Waals surface area contributed by atoms with E-state index in [4.69, 9.17) is 27.9 Å².